The predicted octanol–water partition coefficient (Wildman–Crippen LogP) is 2.47. The summed E-state index contributed by atoms with van der Waals surface area (Å²) in [7, 11) is 0. The summed E-state index contributed by atoms with van der Waals surface area (Å²) in [5.41, 5.74) is 2.48. The molecule has 0 fully saturated rings. The smallest absolute Gasteiger partial charge is 0.354 e. The van der Waals surface area contributed by atoms with Gasteiger partial charge in [0.2, 0.25) is 0 Å². The van der Waals surface area contributed by atoms with E-state index in [-0.39, 0.29) is 5.69 Å². The van der Waals surface area contributed by atoms with Crippen LogP contribution in [0.1, 0.15) is 16.1 Å². The van der Waals surface area contributed by atoms with Crippen molar-refractivity contribution < 1.29 is 9.90 Å². The van der Waals surface area contributed by atoms with E-state index in [1.165, 1.54) is 11.6 Å². The van der Waals surface area contributed by atoms with Gasteiger partial charge < -0.3 is 10.0 Å². The van der Waals surface area contributed by atoms with E-state index in [0.717, 1.165) is 18.7 Å². The molecule has 0 atom stereocenters. The minimum absolute atomic E-state index is 0.0804. The molecule has 3 rings (SSSR count). The number of aromatic carboxylic acids is 1. The Kier molecular flexibility index (Phi) is 2.48. The number of carboxylic acid groups (broad SMARTS) is 1. The summed E-state index contributed by atoms with van der Waals surface area (Å²) in [4.78, 5) is 17.2. The summed E-state index contributed by atoms with van der Waals surface area (Å²) in [5, 5.41) is 8.97. The van der Waals surface area contributed by atoms with E-state index in [1.807, 2.05) is 24.3 Å². The molecule has 2 aromatic rings. The first-order valence-electron chi connectivity index (χ1n) is 5.81. The number of nitrogens with zero attached hydrogens (tertiary/aromatic N) is 2. The lowest BCUT2D eigenvalue weighted by molar-refractivity contribution is 0.0690. The topological polar surface area (TPSA) is 53.4 Å². The molecular weight excluding hydrogens is 228 g/mol. The minimum atomic E-state index is -0.996. The lowest BCUT2D eigenvalue weighted by atomic mass is 10.2. The normalized spacial score (nSPS) is 13.4. The van der Waals surface area contributed by atoms with Crippen LogP contribution >= 0.6 is 0 Å². The van der Waals surface area contributed by atoms with E-state index in [1.54, 1.807) is 6.07 Å². The number of anilines is 2. The lowest BCUT2D eigenvalue weighted by Crippen LogP contribution is -2.16. The van der Waals surface area contributed by atoms with Crippen LogP contribution in [0.15, 0.2) is 42.5 Å². The molecule has 1 aromatic carbocycles. The number of pyridine rings is 1. The first-order valence-corrected chi connectivity index (χ1v) is 5.81. The zero-order valence-electron chi connectivity index (χ0n) is 9.71. The number of carbonyl (C=O) groups is 1. The molecule has 0 saturated heterocycles. The molecule has 4 nitrogen and oxygen atoms in total. The molecule has 0 radical (unpaired) electrons. The monoisotopic (exact) mass is 240 g/mol. The zero-order valence-corrected chi connectivity index (χ0v) is 9.71. The lowest BCUT2D eigenvalue weighted by Gasteiger charge is -2.18. The number of hydrogen-bond donors (Lipinski definition) is 1. The first kappa shape index (κ1) is 10.8. The molecule has 18 heavy (non-hydrogen) atoms. The van der Waals surface area contributed by atoms with E-state index in [2.05, 4.69) is 16.0 Å². The highest BCUT2D eigenvalue weighted by atomic mass is 16.4. The van der Waals surface area contributed by atoms with E-state index in [4.69, 9.17) is 5.11 Å². The Morgan fingerprint density at radius 3 is 2.83 bits per heavy atom. The number of benzene rings is 1. The number of aromatic nitrogens is 1. The van der Waals surface area contributed by atoms with Gasteiger partial charge in [0.15, 0.2) is 5.69 Å². The van der Waals surface area contributed by atoms with Gasteiger partial charge in [0.25, 0.3) is 0 Å². The average molecular weight is 240 g/mol. The van der Waals surface area contributed by atoms with Gasteiger partial charge in [0.05, 0.1) is 0 Å². The van der Waals surface area contributed by atoms with Crippen molar-refractivity contribution in [1.29, 1.82) is 0 Å². The van der Waals surface area contributed by atoms with Crippen molar-refractivity contribution in [2.24, 2.45) is 0 Å². The number of rotatable bonds is 2. The van der Waals surface area contributed by atoms with Gasteiger partial charge in [-0.2, -0.15) is 0 Å². The van der Waals surface area contributed by atoms with Gasteiger partial charge in [-0.15, -0.1) is 0 Å². The van der Waals surface area contributed by atoms with Crippen molar-refractivity contribution in [2.45, 2.75) is 6.42 Å². The van der Waals surface area contributed by atoms with Gasteiger partial charge in [-0.05, 0) is 30.2 Å². The molecule has 1 aromatic heterocycles. The molecule has 0 bridgehead atoms. The highest BCUT2D eigenvalue weighted by Crippen LogP contribution is 2.32. The standard InChI is InChI=1S/C14H12N2O2/c17-14(18)11-5-3-7-13(15-11)16-9-8-10-4-1-2-6-12(10)16/h1-7H,8-9H2,(H,17,18). The van der Waals surface area contributed by atoms with Crippen LogP contribution in [0.4, 0.5) is 11.5 Å². The van der Waals surface area contributed by atoms with E-state index >= 15 is 0 Å². The van der Waals surface area contributed by atoms with Crippen molar-refractivity contribution >= 4 is 17.5 Å². The summed E-state index contributed by atoms with van der Waals surface area (Å²) in [6, 6.07) is 13.2. The van der Waals surface area contributed by atoms with Crippen LogP contribution in [0.5, 0.6) is 0 Å². The number of para-hydroxylation sites is 1. The van der Waals surface area contributed by atoms with Gasteiger partial charge in [-0.1, -0.05) is 24.3 Å². The summed E-state index contributed by atoms with van der Waals surface area (Å²) >= 11 is 0. The maximum Gasteiger partial charge on any atom is 0.354 e. The molecule has 1 aliphatic heterocycles. The highest BCUT2D eigenvalue weighted by molar-refractivity contribution is 5.86. The Hall–Kier alpha value is -2.36. The van der Waals surface area contributed by atoms with Gasteiger partial charge in [0.1, 0.15) is 5.82 Å². The minimum Gasteiger partial charge on any atom is -0.477 e. The predicted molar refractivity (Wildman–Crippen MR) is 68.3 cm³/mol. The molecular formula is C14H12N2O2. The van der Waals surface area contributed by atoms with Gasteiger partial charge >= 0.3 is 5.97 Å². The average Bonchev–Trinajstić information content (AvgIpc) is 2.82. The van der Waals surface area contributed by atoms with E-state index in [9.17, 15) is 4.79 Å². The van der Waals surface area contributed by atoms with Crippen LogP contribution in [0.2, 0.25) is 0 Å². The summed E-state index contributed by atoms with van der Waals surface area (Å²) in [6.07, 6.45) is 0.967. The van der Waals surface area contributed by atoms with Crippen LogP contribution in [-0.4, -0.2) is 22.6 Å². The Morgan fingerprint density at radius 2 is 2.00 bits per heavy atom. The van der Waals surface area contributed by atoms with E-state index < -0.39 is 5.97 Å². The molecule has 2 heterocycles. The summed E-state index contributed by atoms with van der Waals surface area (Å²) < 4.78 is 0. The fourth-order valence-corrected chi connectivity index (χ4v) is 2.27. The molecule has 0 aliphatic carbocycles. The largest absolute Gasteiger partial charge is 0.477 e. The molecule has 0 unspecified atom stereocenters. The SMILES string of the molecule is O=C(O)c1cccc(N2CCc3ccccc32)n1. The van der Waals surface area contributed by atoms with Crippen LogP contribution in [0.25, 0.3) is 0 Å². The quantitative estimate of drug-likeness (QED) is 0.876. The van der Waals surface area contributed by atoms with Crippen molar-refractivity contribution in [3.63, 3.8) is 0 Å². The highest BCUT2D eigenvalue weighted by Gasteiger charge is 2.21. The van der Waals surface area contributed by atoms with Gasteiger partial charge in [-0.25, -0.2) is 9.78 Å². The summed E-state index contributed by atoms with van der Waals surface area (Å²) in [6.45, 7) is 0.843. The Balaban J connectivity index is 2.02. The molecule has 0 amide bonds. The number of carboxylic acids is 1. The molecule has 1 aliphatic rings. The Morgan fingerprint density at radius 1 is 1.17 bits per heavy atom. The summed E-state index contributed by atoms with van der Waals surface area (Å²) in [5.74, 6) is -0.302. The zero-order chi connectivity index (χ0) is 12.5. The van der Waals surface area contributed by atoms with Crippen molar-refractivity contribution in [3.05, 3.63) is 53.7 Å². The molecule has 0 spiro atoms. The Bertz CT molecular complexity index is 610. The second-order valence-corrected chi connectivity index (χ2v) is 4.22. The van der Waals surface area contributed by atoms with Gasteiger partial charge in [0, 0.05) is 12.2 Å². The second kappa shape index (κ2) is 4.14. The van der Waals surface area contributed by atoms with Crippen LogP contribution in [0.3, 0.4) is 0 Å². The van der Waals surface area contributed by atoms with Crippen LogP contribution < -0.4 is 4.90 Å². The van der Waals surface area contributed by atoms with Crippen molar-refractivity contribution in [1.82, 2.24) is 4.98 Å². The van der Waals surface area contributed by atoms with Crippen LogP contribution in [-0.2, 0) is 6.42 Å². The third-order valence-electron chi connectivity index (χ3n) is 3.12. The number of hydrogen-bond acceptors (Lipinski definition) is 3. The van der Waals surface area contributed by atoms with Gasteiger partial charge in [-0.3, -0.25) is 0 Å². The molecule has 90 valence electrons. The van der Waals surface area contributed by atoms with Crippen molar-refractivity contribution in [2.75, 3.05) is 11.4 Å². The maximum absolute atomic E-state index is 10.9. The molecule has 4 heteroatoms. The first-order chi connectivity index (χ1) is 8.75. The second-order valence-electron chi connectivity index (χ2n) is 4.22. The fourth-order valence-electron chi connectivity index (χ4n) is 2.27. The third-order valence-corrected chi connectivity index (χ3v) is 3.12. The van der Waals surface area contributed by atoms with E-state index in [0.29, 0.717) is 5.82 Å². The van der Waals surface area contributed by atoms with Crippen LogP contribution in [0, 0.1) is 0 Å². The third kappa shape index (κ3) is 1.72. The number of fused-ring (bicyclic) bond motifs is 1. The Labute approximate surface area is 105 Å². The maximum atomic E-state index is 10.9. The van der Waals surface area contributed by atoms with Crippen molar-refractivity contribution in [3.8, 4) is 0 Å². The molecule has 0 saturated carbocycles. The fraction of sp³-hybridized carbons (Fsp3) is 0.143. The molecule has 1 N–H and O–H groups in total.